The van der Waals surface area contributed by atoms with Crippen LogP contribution < -0.4 is 0 Å². The van der Waals surface area contributed by atoms with Gasteiger partial charge in [0.1, 0.15) is 24.4 Å². The highest BCUT2D eigenvalue weighted by atomic mass is 16.7. The van der Waals surface area contributed by atoms with Crippen LogP contribution in [0.5, 0.6) is 0 Å². The van der Waals surface area contributed by atoms with Crippen molar-refractivity contribution in [3.63, 3.8) is 0 Å². The molecule has 0 aliphatic carbocycles. The van der Waals surface area contributed by atoms with Crippen LogP contribution in [0.4, 0.5) is 0 Å². The zero-order valence-electron chi connectivity index (χ0n) is 19.8. The molecule has 32 heavy (non-hydrogen) atoms. The van der Waals surface area contributed by atoms with Gasteiger partial charge in [-0.1, -0.05) is 63.3 Å². The summed E-state index contributed by atoms with van der Waals surface area (Å²) in [6.45, 7) is 2.97. The van der Waals surface area contributed by atoms with Gasteiger partial charge in [0.2, 0.25) is 5.79 Å². The normalized spacial score (nSPS) is 28.6. The summed E-state index contributed by atoms with van der Waals surface area (Å²) in [5, 5.41) is 39.1. The molecule has 5 atom stereocenters. The molecule has 1 heterocycles. The van der Waals surface area contributed by atoms with Gasteiger partial charge in [-0.25, -0.2) is 0 Å². The van der Waals surface area contributed by atoms with E-state index in [1.165, 1.54) is 32.6 Å². The summed E-state index contributed by atoms with van der Waals surface area (Å²) in [6.07, 6.45) is 15.3. The van der Waals surface area contributed by atoms with E-state index in [2.05, 4.69) is 31.2 Å². The molecule has 7 heteroatoms. The first-order valence-electron chi connectivity index (χ1n) is 12.2. The van der Waals surface area contributed by atoms with Crippen LogP contribution in [0.1, 0.15) is 90.9 Å². The van der Waals surface area contributed by atoms with Crippen molar-refractivity contribution in [2.45, 2.75) is 121 Å². The molecule has 1 aliphatic rings. The van der Waals surface area contributed by atoms with Gasteiger partial charge in [0.25, 0.3) is 0 Å². The summed E-state index contributed by atoms with van der Waals surface area (Å²) in [6, 6.07) is 0. The Balaban J connectivity index is 2.11. The van der Waals surface area contributed by atoms with Crippen molar-refractivity contribution < 1.29 is 34.7 Å². The molecule has 0 amide bonds. The van der Waals surface area contributed by atoms with Gasteiger partial charge in [-0.2, -0.15) is 0 Å². The molecule has 1 saturated heterocycles. The summed E-state index contributed by atoms with van der Waals surface area (Å²) in [5.41, 5.74) is 0. The van der Waals surface area contributed by atoms with Crippen molar-refractivity contribution in [2.75, 3.05) is 6.61 Å². The highest BCUT2D eigenvalue weighted by molar-refractivity contribution is 5.69. The summed E-state index contributed by atoms with van der Waals surface area (Å²) < 4.78 is 10.6. The first-order valence-corrected chi connectivity index (χ1v) is 12.2. The SMILES string of the molecule is CCCCCC=CCC=CCCCCCCCC(=O)OC1(C)O[C@H](CO)[C@@H](O)[C@H](O)[C@H]1O. The molecular formula is C25H44O7. The number of ether oxygens (including phenoxy) is 2. The Morgan fingerprint density at radius 3 is 2.12 bits per heavy atom. The predicted molar refractivity (Wildman–Crippen MR) is 124 cm³/mol. The van der Waals surface area contributed by atoms with Crippen molar-refractivity contribution in [3.8, 4) is 0 Å². The molecule has 1 rings (SSSR count). The van der Waals surface area contributed by atoms with E-state index in [1.54, 1.807) is 0 Å². The predicted octanol–water partition coefficient (Wildman–Crippen LogP) is 3.53. The van der Waals surface area contributed by atoms with E-state index in [4.69, 9.17) is 9.47 Å². The Kier molecular flexibility index (Phi) is 14.7. The Labute approximate surface area is 193 Å². The minimum absolute atomic E-state index is 0.179. The fraction of sp³-hybridized carbons (Fsp3) is 0.800. The average Bonchev–Trinajstić information content (AvgIpc) is 2.77. The average molecular weight is 457 g/mol. The summed E-state index contributed by atoms with van der Waals surface area (Å²) in [7, 11) is 0. The van der Waals surface area contributed by atoms with E-state index in [-0.39, 0.29) is 6.42 Å². The molecule has 186 valence electrons. The van der Waals surface area contributed by atoms with Crippen LogP contribution in [0.15, 0.2) is 24.3 Å². The van der Waals surface area contributed by atoms with E-state index >= 15 is 0 Å². The van der Waals surface area contributed by atoms with E-state index in [1.807, 2.05) is 0 Å². The standard InChI is InChI=1S/C25H44O7/c1-3-4-5-6-7-8-9-10-11-12-13-14-15-16-17-18-21(27)32-25(2)24(30)23(29)22(28)20(19-26)31-25/h7-8,10-11,20,22-24,26,28-30H,3-6,9,12-19H2,1-2H3/t20-,22-,23+,24-,25?/m1/s1. The third-order valence-corrected chi connectivity index (χ3v) is 5.80. The Bertz CT molecular complexity index is 560. The van der Waals surface area contributed by atoms with Crippen molar-refractivity contribution in [3.05, 3.63) is 24.3 Å². The highest BCUT2D eigenvalue weighted by Crippen LogP contribution is 2.31. The van der Waals surface area contributed by atoms with Gasteiger partial charge in [0.15, 0.2) is 0 Å². The quantitative estimate of drug-likeness (QED) is 0.159. The number of carbonyl (C=O) groups is 1. The van der Waals surface area contributed by atoms with E-state index in [0.717, 1.165) is 38.5 Å². The molecule has 4 N–H and O–H groups in total. The molecule has 0 spiro atoms. The van der Waals surface area contributed by atoms with Crippen molar-refractivity contribution in [1.82, 2.24) is 0 Å². The van der Waals surface area contributed by atoms with Crippen LogP contribution in [0.2, 0.25) is 0 Å². The maximum atomic E-state index is 12.1. The lowest BCUT2D eigenvalue weighted by Gasteiger charge is -2.45. The monoisotopic (exact) mass is 456 g/mol. The summed E-state index contributed by atoms with van der Waals surface area (Å²) in [4.78, 5) is 12.1. The van der Waals surface area contributed by atoms with Crippen LogP contribution in [-0.2, 0) is 14.3 Å². The maximum Gasteiger partial charge on any atom is 0.308 e. The fourth-order valence-corrected chi connectivity index (χ4v) is 3.74. The van der Waals surface area contributed by atoms with Crippen molar-refractivity contribution in [2.24, 2.45) is 0 Å². The summed E-state index contributed by atoms with van der Waals surface area (Å²) in [5.74, 6) is -2.35. The number of aliphatic hydroxyl groups excluding tert-OH is 4. The zero-order chi connectivity index (χ0) is 23.8. The lowest BCUT2D eigenvalue weighted by Crippen LogP contribution is -2.65. The molecule has 1 fully saturated rings. The van der Waals surface area contributed by atoms with Gasteiger partial charge < -0.3 is 29.9 Å². The second kappa shape index (κ2) is 16.4. The minimum Gasteiger partial charge on any atom is -0.430 e. The van der Waals surface area contributed by atoms with Crippen LogP contribution in [-0.4, -0.2) is 63.2 Å². The molecule has 0 aromatic carbocycles. The fourth-order valence-electron chi connectivity index (χ4n) is 3.74. The number of allylic oxidation sites excluding steroid dienone is 4. The number of carbonyl (C=O) groups excluding carboxylic acids is 1. The summed E-state index contributed by atoms with van der Waals surface area (Å²) >= 11 is 0. The largest absolute Gasteiger partial charge is 0.430 e. The molecule has 0 aromatic heterocycles. The van der Waals surface area contributed by atoms with Crippen LogP contribution in [0, 0.1) is 0 Å². The van der Waals surface area contributed by atoms with Crippen molar-refractivity contribution in [1.29, 1.82) is 0 Å². The molecule has 7 nitrogen and oxygen atoms in total. The lowest BCUT2D eigenvalue weighted by molar-refractivity contribution is -0.344. The molecule has 0 bridgehead atoms. The number of esters is 1. The lowest BCUT2D eigenvalue weighted by atomic mass is 9.93. The molecule has 0 radical (unpaired) electrons. The highest BCUT2D eigenvalue weighted by Gasteiger charge is 2.53. The van der Waals surface area contributed by atoms with E-state index in [0.29, 0.717) is 6.42 Å². The number of unbranched alkanes of at least 4 members (excludes halogenated alkanes) is 8. The van der Waals surface area contributed by atoms with Gasteiger partial charge in [-0.05, 0) is 38.5 Å². The molecule has 1 aliphatic heterocycles. The van der Waals surface area contributed by atoms with Crippen molar-refractivity contribution >= 4 is 5.97 Å². The van der Waals surface area contributed by atoms with Gasteiger partial charge in [-0.15, -0.1) is 0 Å². The number of rotatable bonds is 16. The number of aliphatic hydroxyl groups is 4. The van der Waals surface area contributed by atoms with Crippen LogP contribution in [0.3, 0.4) is 0 Å². The van der Waals surface area contributed by atoms with Gasteiger partial charge in [-0.3, -0.25) is 4.79 Å². The van der Waals surface area contributed by atoms with Gasteiger partial charge in [0.05, 0.1) is 6.61 Å². The Morgan fingerprint density at radius 2 is 1.50 bits per heavy atom. The van der Waals surface area contributed by atoms with E-state index in [9.17, 15) is 25.2 Å². The van der Waals surface area contributed by atoms with Crippen LogP contribution >= 0.6 is 0 Å². The van der Waals surface area contributed by atoms with Gasteiger partial charge >= 0.3 is 5.97 Å². The first-order chi connectivity index (χ1) is 15.4. The molecule has 0 saturated carbocycles. The smallest absolute Gasteiger partial charge is 0.308 e. The molecular weight excluding hydrogens is 412 g/mol. The Morgan fingerprint density at radius 1 is 0.906 bits per heavy atom. The second-order valence-corrected chi connectivity index (χ2v) is 8.74. The molecule has 1 unspecified atom stereocenters. The minimum atomic E-state index is -1.81. The van der Waals surface area contributed by atoms with Crippen LogP contribution in [0.25, 0.3) is 0 Å². The zero-order valence-corrected chi connectivity index (χ0v) is 19.8. The third-order valence-electron chi connectivity index (χ3n) is 5.80. The molecule has 0 aromatic rings. The first kappa shape index (κ1) is 28.8. The topological polar surface area (TPSA) is 116 Å². The third kappa shape index (κ3) is 10.6. The Hall–Kier alpha value is -1.25. The second-order valence-electron chi connectivity index (χ2n) is 8.74. The maximum absolute atomic E-state index is 12.1. The van der Waals surface area contributed by atoms with E-state index < -0.39 is 42.8 Å². The number of hydrogen-bond donors (Lipinski definition) is 4. The number of hydrogen-bond acceptors (Lipinski definition) is 7. The van der Waals surface area contributed by atoms with Gasteiger partial charge in [0, 0.05) is 13.3 Å².